The van der Waals surface area contributed by atoms with Crippen LogP contribution in [-0.2, 0) is 0 Å². The topological polar surface area (TPSA) is 63.7 Å². The fourth-order valence-corrected chi connectivity index (χ4v) is 4.31. The zero-order chi connectivity index (χ0) is 17.2. The number of piperidine rings is 3. The quantitative estimate of drug-likeness (QED) is 0.889. The van der Waals surface area contributed by atoms with Gasteiger partial charge in [0.15, 0.2) is 5.06 Å². The largest absolute Gasteiger partial charge is 0.481 e. The maximum Gasteiger partial charge on any atom is 0.261 e. The molecular formula is C18H21N3O3S. The first-order valence-corrected chi connectivity index (χ1v) is 9.34. The Bertz CT molecular complexity index is 738. The molecule has 2 aromatic rings. The lowest BCUT2D eigenvalue weighted by molar-refractivity contribution is 0.0622. The molecule has 3 saturated heterocycles. The summed E-state index contributed by atoms with van der Waals surface area (Å²) in [6, 6.07) is 7.43. The summed E-state index contributed by atoms with van der Waals surface area (Å²) in [5.41, 5.74) is 0. The number of carbonyl (C=O) groups excluding carboxylic acids is 1. The van der Waals surface area contributed by atoms with Crippen LogP contribution in [-0.4, -0.2) is 48.6 Å². The number of hydrogen-bond acceptors (Lipinski definition) is 6. The number of nitrogens with zero attached hydrogens (tertiary/aromatic N) is 2. The number of aromatic nitrogens is 1. The van der Waals surface area contributed by atoms with Crippen LogP contribution in [0.25, 0.3) is 0 Å². The highest BCUT2D eigenvalue weighted by Crippen LogP contribution is 2.31. The van der Waals surface area contributed by atoms with E-state index in [1.54, 1.807) is 25.4 Å². The number of ether oxygens (including phenoxy) is 2. The second-order valence-electron chi connectivity index (χ2n) is 6.47. The minimum atomic E-state index is -0.00791. The van der Waals surface area contributed by atoms with E-state index in [4.69, 9.17) is 9.47 Å². The van der Waals surface area contributed by atoms with Gasteiger partial charge in [0.2, 0.25) is 5.88 Å². The number of rotatable bonds is 5. The van der Waals surface area contributed by atoms with Gasteiger partial charge in [-0.2, -0.15) is 0 Å². The van der Waals surface area contributed by atoms with E-state index in [0.29, 0.717) is 27.5 Å². The van der Waals surface area contributed by atoms with Gasteiger partial charge in [-0.1, -0.05) is 11.3 Å². The van der Waals surface area contributed by atoms with E-state index in [0.717, 1.165) is 6.54 Å². The molecule has 3 fully saturated rings. The van der Waals surface area contributed by atoms with Crippen molar-refractivity contribution in [2.75, 3.05) is 26.7 Å². The first kappa shape index (κ1) is 16.4. The highest BCUT2D eigenvalue weighted by atomic mass is 32.1. The van der Waals surface area contributed by atoms with Crippen molar-refractivity contribution in [3.8, 4) is 16.7 Å². The van der Waals surface area contributed by atoms with E-state index in [2.05, 4.69) is 15.2 Å². The summed E-state index contributed by atoms with van der Waals surface area (Å²) in [6.07, 6.45) is 3.98. The summed E-state index contributed by atoms with van der Waals surface area (Å²) in [7, 11) is 1.57. The molecule has 0 aromatic carbocycles. The Morgan fingerprint density at radius 2 is 2.12 bits per heavy atom. The number of fused-ring (bicyclic) bond motifs is 3. The maximum absolute atomic E-state index is 12.5. The fraction of sp³-hybridized carbons (Fsp3) is 0.444. The van der Waals surface area contributed by atoms with Gasteiger partial charge in [-0.25, -0.2) is 4.98 Å². The zero-order valence-electron chi connectivity index (χ0n) is 14.1. The van der Waals surface area contributed by atoms with Gasteiger partial charge >= 0.3 is 0 Å². The molecule has 5 rings (SSSR count). The number of nitrogens with one attached hydrogen (secondary N) is 1. The third-order valence-corrected chi connectivity index (χ3v) is 5.88. The monoisotopic (exact) mass is 359 g/mol. The average molecular weight is 359 g/mol. The van der Waals surface area contributed by atoms with Crippen molar-refractivity contribution in [2.45, 2.75) is 18.9 Å². The Hall–Kier alpha value is -2.12. The van der Waals surface area contributed by atoms with Crippen LogP contribution in [0.2, 0.25) is 0 Å². The molecule has 2 aromatic heterocycles. The molecule has 0 radical (unpaired) electrons. The second-order valence-corrected chi connectivity index (χ2v) is 7.52. The first-order valence-electron chi connectivity index (χ1n) is 8.52. The SMILES string of the molecule is COc1ccc(Oc2ccc(C(=O)NC3CN4CCC3CC4)s2)cn1. The van der Waals surface area contributed by atoms with E-state index in [1.165, 1.54) is 37.3 Å². The predicted octanol–water partition coefficient (Wildman–Crippen LogP) is 2.77. The normalized spacial score (nSPS) is 24.8. The number of amides is 1. The van der Waals surface area contributed by atoms with Crippen LogP contribution in [0.5, 0.6) is 16.7 Å². The van der Waals surface area contributed by atoms with Gasteiger partial charge in [0.25, 0.3) is 5.91 Å². The van der Waals surface area contributed by atoms with Crippen molar-refractivity contribution >= 4 is 17.2 Å². The van der Waals surface area contributed by atoms with Gasteiger partial charge in [0, 0.05) is 18.7 Å². The van der Waals surface area contributed by atoms with Gasteiger partial charge in [-0.3, -0.25) is 4.79 Å². The Morgan fingerprint density at radius 1 is 1.28 bits per heavy atom. The highest BCUT2D eigenvalue weighted by Gasteiger charge is 2.35. The smallest absolute Gasteiger partial charge is 0.261 e. The maximum atomic E-state index is 12.5. The minimum Gasteiger partial charge on any atom is -0.481 e. The highest BCUT2D eigenvalue weighted by molar-refractivity contribution is 7.15. The number of pyridine rings is 1. The van der Waals surface area contributed by atoms with Gasteiger partial charge in [-0.15, -0.1) is 0 Å². The molecule has 3 aliphatic rings. The van der Waals surface area contributed by atoms with E-state index in [9.17, 15) is 4.79 Å². The summed E-state index contributed by atoms with van der Waals surface area (Å²) >= 11 is 1.35. The molecule has 1 N–H and O–H groups in total. The number of carbonyl (C=O) groups is 1. The standard InChI is InChI=1S/C18H21N3O3S/c1-23-16-4-2-13(10-19-16)24-17-5-3-15(25-17)18(22)20-14-11-21-8-6-12(14)7-9-21/h2-5,10,12,14H,6-9,11H2,1H3,(H,20,22). The molecule has 3 aliphatic heterocycles. The molecule has 1 atom stereocenters. The molecule has 1 amide bonds. The van der Waals surface area contributed by atoms with Crippen molar-refractivity contribution in [1.29, 1.82) is 0 Å². The molecule has 5 heterocycles. The van der Waals surface area contributed by atoms with E-state index in [1.807, 2.05) is 12.1 Å². The molecule has 0 saturated carbocycles. The van der Waals surface area contributed by atoms with Crippen LogP contribution in [0.15, 0.2) is 30.5 Å². The van der Waals surface area contributed by atoms with E-state index >= 15 is 0 Å². The number of thiophene rings is 1. The molecule has 6 nitrogen and oxygen atoms in total. The van der Waals surface area contributed by atoms with Gasteiger partial charge < -0.3 is 19.7 Å². The lowest BCUT2D eigenvalue weighted by Gasteiger charge is -2.44. The molecule has 1 unspecified atom stereocenters. The van der Waals surface area contributed by atoms with Gasteiger partial charge in [0.1, 0.15) is 5.75 Å². The van der Waals surface area contributed by atoms with Crippen molar-refractivity contribution in [3.63, 3.8) is 0 Å². The predicted molar refractivity (Wildman–Crippen MR) is 95.6 cm³/mol. The van der Waals surface area contributed by atoms with Crippen LogP contribution in [0.1, 0.15) is 22.5 Å². The lowest BCUT2D eigenvalue weighted by Crippen LogP contribution is -2.57. The van der Waals surface area contributed by atoms with Gasteiger partial charge in [0.05, 0.1) is 18.2 Å². The van der Waals surface area contributed by atoms with Crippen LogP contribution in [0.3, 0.4) is 0 Å². The van der Waals surface area contributed by atoms with E-state index in [-0.39, 0.29) is 11.9 Å². The number of methoxy groups -OCH3 is 1. The first-order chi connectivity index (χ1) is 12.2. The lowest BCUT2D eigenvalue weighted by atomic mass is 9.84. The third kappa shape index (κ3) is 3.62. The zero-order valence-corrected chi connectivity index (χ0v) is 14.9. The van der Waals surface area contributed by atoms with Crippen LogP contribution in [0, 0.1) is 5.92 Å². The minimum absolute atomic E-state index is 0.00791. The molecule has 0 spiro atoms. The summed E-state index contributed by atoms with van der Waals surface area (Å²) in [5.74, 6) is 1.77. The van der Waals surface area contributed by atoms with Crippen LogP contribution in [0.4, 0.5) is 0 Å². The Morgan fingerprint density at radius 3 is 2.76 bits per heavy atom. The number of hydrogen-bond donors (Lipinski definition) is 1. The second kappa shape index (κ2) is 7.01. The summed E-state index contributed by atoms with van der Waals surface area (Å²) < 4.78 is 10.8. The van der Waals surface area contributed by atoms with Crippen LogP contribution >= 0.6 is 11.3 Å². The van der Waals surface area contributed by atoms with Crippen molar-refractivity contribution in [2.24, 2.45) is 5.92 Å². The Balaban J connectivity index is 1.37. The van der Waals surface area contributed by atoms with Gasteiger partial charge in [-0.05, 0) is 50.0 Å². The van der Waals surface area contributed by atoms with Crippen molar-refractivity contribution in [3.05, 3.63) is 35.3 Å². The fourth-order valence-electron chi connectivity index (χ4n) is 3.53. The Labute approximate surface area is 150 Å². The third-order valence-electron chi connectivity index (χ3n) is 4.91. The molecule has 7 heteroatoms. The van der Waals surface area contributed by atoms with Crippen molar-refractivity contribution < 1.29 is 14.3 Å². The van der Waals surface area contributed by atoms with Crippen molar-refractivity contribution in [1.82, 2.24) is 15.2 Å². The average Bonchev–Trinajstić information content (AvgIpc) is 3.12. The summed E-state index contributed by atoms with van der Waals surface area (Å²) in [5, 5.41) is 3.88. The molecular weight excluding hydrogens is 338 g/mol. The van der Waals surface area contributed by atoms with Crippen LogP contribution < -0.4 is 14.8 Å². The summed E-state index contributed by atoms with van der Waals surface area (Å²) in [6.45, 7) is 3.32. The molecule has 2 bridgehead atoms. The summed E-state index contributed by atoms with van der Waals surface area (Å²) in [4.78, 5) is 19.8. The van der Waals surface area contributed by atoms with E-state index < -0.39 is 0 Å². The Kier molecular flexibility index (Phi) is 4.59. The molecule has 25 heavy (non-hydrogen) atoms. The molecule has 0 aliphatic carbocycles. The molecule has 132 valence electrons.